The minimum atomic E-state index is -0.464. The molecule has 172 valence electrons. The van der Waals surface area contributed by atoms with Gasteiger partial charge >= 0.3 is 0 Å². The number of rotatable bonds is 7. The molecule has 0 atom stereocenters. The molecule has 0 aromatic heterocycles. The Kier molecular flexibility index (Phi) is 6.99. The molecule has 4 rings (SSSR count). The molecule has 0 aliphatic carbocycles. The van der Waals surface area contributed by atoms with Crippen molar-refractivity contribution in [2.24, 2.45) is 0 Å². The SMILES string of the molecule is COc1cc(/C=C2\SC(=O)N(c3ccccc3)C2=O)cc(Br)c1OCc1cccc([N+](=O)[O-])c1. The number of hydrogen-bond acceptors (Lipinski definition) is 7. The van der Waals surface area contributed by atoms with Crippen LogP contribution in [0.5, 0.6) is 11.5 Å². The van der Waals surface area contributed by atoms with Crippen LogP contribution in [0.2, 0.25) is 0 Å². The first-order valence-electron chi connectivity index (χ1n) is 9.94. The van der Waals surface area contributed by atoms with Gasteiger partial charge in [-0.2, -0.15) is 0 Å². The predicted molar refractivity (Wildman–Crippen MR) is 133 cm³/mol. The number of carbonyl (C=O) groups is 2. The van der Waals surface area contributed by atoms with Gasteiger partial charge in [0.2, 0.25) is 0 Å². The fraction of sp³-hybridized carbons (Fsp3) is 0.0833. The fourth-order valence-corrected chi connectivity index (χ4v) is 4.71. The quantitative estimate of drug-likeness (QED) is 0.200. The van der Waals surface area contributed by atoms with E-state index in [1.165, 1.54) is 19.2 Å². The molecule has 1 saturated heterocycles. The standard InChI is InChI=1S/C24H17BrN2O6S/c1-32-20-12-16(13-21-23(28)26(24(29)34-21)17-7-3-2-4-8-17)11-19(25)22(20)33-14-15-6-5-9-18(10-15)27(30)31/h2-13H,14H2,1H3/b21-13-. The molecule has 34 heavy (non-hydrogen) atoms. The number of para-hydroxylation sites is 1. The Morgan fingerprint density at radius 2 is 1.85 bits per heavy atom. The lowest BCUT2D eigenvalue weighted by molar-refractivity contribution is -0.384. The molecule has 2 amide bonds. The van der Waals surface area contributed by atoms with Crippen LogP contribution in [-0.2, 0) is 11.4 Å². The van der Waals surface area contributed by atoms with Crippen LogP contribution in [-0.4, -0.2) is 23.2 Å². The first kappa shape index (κ1) is 23.5. The largest absolute Gasteiger partial charge is 0.493 e. The maximum atomic E-state index is 12.9. The highest BCUT2D eigenvalue weighted by Gasteiger charge is 2.36. The molecule has 0 N–H and O–H groups in total. The number of halogens is 1. The summed E-state index contributed by atoms with van der Waals surface area (Å²) in [6.07, 6.45) is 1.62. The Morgan fingerprint density at radius 3 is 2.56 bits per heavy atom. The summed E-state index contributed by atoms with van der Waals surface area (Å²) in [7, 11) is 1.48. The molecular weight excluding hydrogens is 524 g/mol. The zero-order chi connectivity index (χ0) is 24.2. The number of anilines is 1. The van der Waals surface area contributed by atoms with Crippen molar-refractivity contribution in [2.75, 3.05) is 12.0 Å². The van der Waals surface area contributed by atoms with Gasteiger partial charge in [-0.3, -0.25) is 19.7 Å². The molecular formula is C24H17BrN2O6S. The van der Waals surface area contributed by atoms with Crippen molar-refractivity contribution in [3.05, 3.63) is 97.3 Å². The molecule has 0 radical (unpaired) electrons. The number of nitro groups is 1. The van der Waals surface area contributed by atoms with E-state index in [1.807, 2.05) is 6.07 Å². The van der Waals surface area contributed by atoms with Crippen molar-refractivity contribution >= 4 is 56.3 Å². The van der Waals surface area contributed by atoms with Crippen LogP contribution in [0.4, 0.5) is 16.2 Å². The zero-order valence-corrected chi connectivity index (χ0v) is 20.2. The molecule has 3 aromatic carbocycles. The summed E-state index contributed by atoms with van der Waals surface area (Å²) in [5, 5.41) is 10.6. The first-order chi connectivity index (χ1) is 16.4. The summed E-state index contributed by atoms with van der Waals surface area (Å²) in [5.41, 5.74) is 1.75. The maximum Gasteiger partial charge on any atom is 0.298 e. The van der Waals surface area contributed by atoms with Crippen molar-refractivity contribution in [3.8, 4) is 11.5 Å². The van der Waals surface area contributed by atoms with Crippen molar-refractivity contribution < 1.29 is 24.0 Å². The number of thioether (sulfide) groups is 1. The highest BCUT2D eigenvalue weighted by atomic mass is 79.9. The van der Waals surface area contributed by atoms with Crippen LogP contribution in [0.3, 0.4) is 0 Å². The van der Waals surface area contributed by atoms with Crippen LogP contribution in [0.15, 0.2) is 76.1 Å². The smallest absolute Gasteiger partial charge is 0.298 e. The van der Waals surface area contributed by atoms with Crippen LogP contribution in [0.1, 0.15) is 11.1 Å². The number of amides is 2. The molecule has 3 aromatic rings. The third kappa shape index (κ3) is 4.97. The monoisotopic (exact) mass is 540 g/mol. The average molecular weight is 541 g/mol. The first-order valence-corrected chi connectivity index (χ1v) is 11.5. The second-order valence-electron chi connectivity index (χ2n) is 7.10. The van der Waals surface area contributed by atoms with Gasteiger partial charge in [0.15, 0.2) is 11.5 Å². The lowest BCUT2D eigenvalue weighted by Crippen LogP contribution is -2.27. The predicted octanol–water partition coefficient (Wildman–Crippen LogP) is 6.19. The van der Waals surface area contributed by atoms with E-state index in [0.717, 1.165) is 16.7 Å². The van der Waals surface area contributed by atoms with E-state index in [4.69, 9.17) is 9.47 Å². The Labute approximate surface area is 207 Å². The maximum absolute atomic E-state index is 12.9. The number of imide groups is 1. The van der Waals surface area contributed by atoms with Gasteiger partial charge in [-0.25, -0.2) is 4.90 Å². The zero-order valence-electron chi connectivity index (χ0n) is 17.8. The number of ether oxygens (including phenoxy) is 2. The molecule has 1 aliphatic heterocycles. The average Bonchev–Trinajstić information content (AvgIpc) is 3.11. The van der Waals surface area contributed by atoms with Crippen LogP contribution >= 0.6 is 27.7 Å². The Morgan fingerprint density at radius 1 is 1.09 bits per heavy atom. The molecule has 0 unspecified atom stereocenters. The molecule has 0 saturated carbocycles. The van der Waals surface area contributed by atoms with Crippen LogP contribution < -0.4 is 14.4 Å². The van der Waals surface area contributed by atoms with Crippen LogP contribution in [0.25, 0.3) is 6.08 Å². The second-order valence-corrected chi connectivity index (χ2v) is 8.95. The summed E-state index contributed by atoms with van der Waals surface area (Å²) < 4.78 is 11.9. The topological polar surface area (TPSA) is 99.0 Å². The number of nitro benzene ring substituents is 1. The number of non-ortho nitro benzene ring substituents is 1. The van der Waals surface area contributed by atoms with Crippen molar-refractivity contribution in [3.63, 3.8) is 0 Å². The number of carbonyl (C=O) groups excluding carboxylic acids is 2. The van der Waals surface area contributed by atoms with Crippen molar-refractivity contribution in [2.45, 2.75) is 6.61 Å². The van der Waals surface area contributed by atoms with Gasteiger partial charge in [0.1, 0.15) is 6.61 Å². The number of nitrogens with zero attached hydrogens (tertiary/aromatic N) is 2. The minimum absolute atomic E-state index is 0.0214. The molecule has 10 heteroatoms. The Bertz CT molecular complexity index is 1310. The Balaban J connectivity index is 1.57. The van der Waals surface area contributed by atoms with Crippen molar-refractivity contribution in [1.29, 1.82) is 0 Å². The van der Waals surface area contributed by atoms with E-state index in [9.17, 15) is 19.7 Å². The molecule has 1 aliphatic rings. The number of benzene rings is 3. The van der Waals surface area contributed by atoms with Gasteiger partial charge in [0.25, 0.3) is 16.8 Å². The summed E-state index contributed by atoms with van der Waals surface area (Å²) in [6, 6.07) is 18.3. The van der Waals surface area contributed by atoms with E-state index in [0.29, 0.717) is 32.8 Å². The lowest BCUT2D eigenvalue weighted by Gasteiger charge is -2.14. The number of hydrogen-bond donors (Lipinski definition) is 0. The third-order valence-corrected chi connectivity index (χ3v) is 6.32. The van der Waals surface area contributed by atoms with Crippen LogP contribution in [0, 0.1) is 10.1 Å². The Hall–Kier alpha value is -3.63. The highest BCUT2D eigenvalue weighted by Crippen LogP contribution is 2.40. The molecule has 1 fully saturated rings. The minimum Gasteiger partial charge on any atom is -0.493 e. The van der Waals surface area contributed by atoms with E-state index >= 15 is 0 Å². The molecule has 0 bridgehead atoms. The van der Waals surface area contributed by atoms with E-state index in [2.05, 4.69) is 15.9 Å². The summed E-state index contributed by atoms with van der Waals surface area (Å²) in [5.74, 6) is 0.402. The lowest BCUT2D eigenvalue weighted by atomic mass is 10.1. The van der Waals surface area contributed by atoms with E-state index in [-0.39, 0.29) is 22.4 Å². The van der Waals surface area contributed by atoms with E-state index < -0.39 is 10.8 Å². The van der Waals surface area contributed by atoms with Gasteiger partial charge in [-0.05, 0) is 69.2 Å². The molecule has 1 heterocycles. The van der Waals surface area contributed by atoms with E-state index in [1.54, 1.807) is 54.6 Å². The van der Waals surface area contributed by atoms with Gasteiger partial charge in [-0.15, -0.1) is 0 Å². The van der Waals surface area contributed by atoms with Gasteiger partial charge in [0.05, 0.1) is 27.1 Å². The normalized spacial score (nSPS) is 14.5. The molecule has 8 nitrogen and oxygen atoms in total. The highest BCUT2D eigenvalue weighted by molar-refractivity contribution is 9.10. The van der Waals surface area contributed by atoms with Gasteiger partial charge < -0.3 is 9.47 Å². The summed E-state index contributed by atoms with van der Waals surface area (Å²) >= 11 is 4.33. The van der Waals surface area contributed by atoms with Crippen molar-refractivity contribution in [1.82, 2.24) is 0 Å². The fourth-order valence-electron chi connectivity index (χ4n) is 3.30. The third-order valence-electron chi connectivity index (χ3n) is 4.86. The second kappa shape index (κ2) is 10.1. The van der Waals surface area contributed by atoms with Gasteiger partial charge in [0, 0.05) is 12.1 Å². The summed E-state index contributed by atoms with van der Waals surface area (Å²) in [6.45, 7) is 0.0892. The molecule has 0 spiro atoms. The van der Waals surface area contributed by atoms with Gasteiger partial charge in [-0.1, -0.05) is 30.3 Å². The number of methoxy groups -OCH3 is 1. The summed E-state index contributed by atoms with van der Waals surface area (Å²) in [4.78, 5) is 37.3.